The van der Waals surface area contributed by atoms with Crippen molar-refractivity contribution >= 4 is 69.0 Å². The van der Waals surface area contributed by atoms with E-state index in [0.29, 0.717) is 28.1 Å². The zero-order valence-electron chi connectivity index (χ0n) is 17.1. The maximum atomic E-state index is 13.0. The summed E-state index contributed by atoms with van der Waals surface area (Å²) in [5.41, 5.74) is 1.20. The molecule has 0 aliphatic carbocycles. The Morgan fingerprint density at radius 2 is 1.85 bits per heavy atom. The second-order valence-corrected chi connectivity index (χ2v) is 9.75. The summed E-state index contributed by atoms with van der Waals surface area (Å²) in [5.74, 6) is -1.59. The minimum Gasteiger partial charge on any atom is -0.478 e. The monoisotopic (exact) mass is 499 g/mol. The SMILES string of the molecule is O=C(O)c1ccc(NC(=O)C2CC(=O)N(Cc3cccs3)C(=Nc3ccc(Cl)cc3)S2)cc1. The summed E-state index contributed by atoms with van der Waals surface area (Å²) in [7, 11) is 0. The van der Waals surface area contributed by atoms with Gasteiger partial charge in [-0.25, -0.2) is 9.79 Å². The molecule has 2 aromatic carbocycles. The van der Waals surface area contributed by atoms with Gasteiger partial charge in [-0.2, -0.15) is 0 Å². The maximum absolute atomic E-state index is 13.0. The zero-order valence-corrected chi connectivity index (χ0v) is 19.5. The summed E-state index contributed by atoms with van der Waals surface area (Å²) in [6, 6.07) is 16.6. The van der Waals surface area contributed by atoms with E-state index < -0.39 is 11.2 Å². The number of amides is 2. The van der Waals surface area contributed by atoms with Crippen LogP contribution in [0.2, 0.25) is 5.02 Å². The molecule has 4 rings (SSSR count). The predicted molar refractivity (Wildman–Crippen MR) is 131 cm³/mol. The van der Waals surface area contributed by atoms with Crippen molar-refractivity contribution in [1.29, 1.82) is 0 Å². The van der Waals surface area contributed by atoms with Crippen LogP contribution in [-0.4, -0.2) is 38.2 Å². The molecule has 3 aromatic rings. The number of halogens is 1. The van der Waals surface area contributed by atoms with Gasteiger partial charge in [-0.05, 0) is 60.0 Å². The van der Waals surface area contributed by atoms with Gasteiger partial charge in [0.1, 0.15) is 5.25 Å². The van der Waals surface area contributed by atoms with Crippen LogP contribution in [0.4, 0.5) is 11.4 Å². The Balaban J connectivity index is 1.55. The maximum Gasteiger partial charge on any atom is 0.335 e. The Morgan fingerprint density at radius 1 is 1.12 bits per heavy atom. The van der Waals surface area contributed by atoms with E-state index in [4.69, 9.17) is 16.7 Å². The van der Waals surface area contributed by atoms with Crippen molar-refractivity contribution in [2.75, 3.05) is 5.32 Å². The highest BCUT2D eigenvalue weighted by Crippen LogP contribution is 2.32. The number of amidine groups is 1. The number of nitrogens with zero attached hydrogens (tertiary/aromatic N) is 2. The lowest BCUT2D eigenvalue weighted by molar-refractivity contribution is -0.129. The standard InChI is InChI=1S/C23H18ClN3O4S2/c24-15-5-9-17(10-6-15)26-23-27(13-18-2-1-11-32-18)20(28)12-19(33-23)21(29)25-16-7-3-14(4-8-16)22(30)31/h1-11,19H,12-13H2,(H,25,29)(H,30,31). The fourth-order valence-corrected chi connectivity index (χ4v) is 5.02. The molecule has 1 unspecified atom stereocenters. The number of benzene rings is 2. The van der Waals surface area contributed by atoms with Gasteiger partial charge >= 0.3 is 5.97 Å². The number of thioether (sulfide) groups is 1. The van der Waals surface area contributed by atoms with Gasteiger partial charge in [-0.15, -0.1) is 11.3 Å². The largest absolute Gasteiger partial charge is 0.478 e. The highest BCUT2D eigenvalue weighted by molar-refractivity contribution is 8.15. The number of thiophene rings is 1. The second kappa shape index (κ2) is 10.2. The molecule has 1 aliphatic heterocycles. The highest BCUT2D eigenvalue weighted by Gasteiger charge is 2.36. The molecule has 2 amide bonds. The van der Waals surface area contributed by atoms with E-state index in [-0.39, 0.29) is 23.8 Å². The summed E-state index contributed by atoms with van der Waals surface area (Å²) in [4.78, 5) is 44.2. The van der Waals surface area contributed by atoms with Crippen molar-refractivity contribution < 1.29 is 19.5 Å². The molecule has 10 heteroatoms. The number of aromatic carboxylic acids is 1. The lowest BCUT2D eigenvalue weighted by Gasteiger charge is -2.31. The third-order valence-electron chi connectivity index (χ3n) is 4.78. The molecule has 168 valence electrons. The Labute approximate surface area is 203 Å². The number of carboxylic acids is 1. The van der Waals surface area contributed by atoms with Gasteiger partial charge < -0.3 is 10.4 Å². The average molecular weight is 500 g/mol. The van der Waals surface area contributed by atoms with Crippen LogP contribution in [0.5, 0.6) is 0 Å². The lowest BCUT2D eigenvalue weighted by atomic mass is 10.2. The second-order valence-electron chi connectivity index (χ2n) is 7.11. The van der Waals surface area contributed by atoms with Crippen LogP contribution in [0, 0.1) is 0 Å². The van der Waals surface area contributed by atoms with Crippen molar-refractivity contribution in [2.45, 2.75) is 18.2 Å². The third-order valence-corrected chi connectivity index (χ3v) is 7.08. The van der Waals surface area contributed by atoms with E-state index in [1.54, 1.807) is 40.5 Å². The molecule has 7 nitrogen and oxygen atoms in total. The smallest absolute Gasteiger partial charge is 0.335 e. The van der Waals surface area contributed by atoms with E-state index in [1.165, 1.54) is 36.0 Å². The Morgan fingerprint density at radius 3 is 2.48 bits per heavy atom. The van der Waals surface area contributed by atoms with Crippen molar-refractivity contribution in [3.8, 4) is 0 Å². The van der Waals surface area contributed by atoms with Crippen molar-refractivity contribution in [3.05, 3.63) is 81.5 Å². The quantitative estimate of drug-likeness (QED) is 0.482. The molecule has 33 heavy (non-hydrogen) atoms. The number of rotatable bonds is 6. The Hall–Kier alpha value is -3.14. The zero-order chi connectivity index (χ0) is 23.4. The molecular weight excluding hydrogens is 482 g/mol. The van der Waals surface area contributed by atoms with E-state index in [0.717, 1.165) is 4.88 Å². The Kier molecular flexibility index (Phi) is 7.12. The molecule has 0 saturated carbocycles. The van der Waals surface area contributed by atoms with Gasteiger partial charge in [0.25, 0.3) is 0 Å². The molecule has 2 N–H and O–H groups in total. The van der Waals surface area contributed by atoms with Crippen LogP contribution in [-0.2, 0) is 16.1 Å². The minimum absolute atomic E-state index is 0.0225. The molecule has 0 bridgehead atoms. The van der Waals surface area contributed by atoms with Gasteiger partial charge in [-0.1, -0.05) is 29.4 Å². The van der Waals surface area contributed by atoms with E-state index in [2.05, 4.69) is 10.3 Å². The van der Waals surface area contributed by atoms with Crippen LogP contribution in [0.25, 0.3) is 0 Å². The summed E-state index contributed by atoms with van der Waals surface area (Å²) in [6.45, 7) is 0.376. The molecule has 0 spiro atoms. The summed E-state index contributed by atoms with van der Waals surface area (Å²) in [6.07, 6.45) is 0.0225. The lowest BCUT2D eigenvalue weighted by Crippen LogP contribution is -2.44. The number of carbonyl (C=O) groups is 3. The molecule has 2 heterocycles. The first-order valence-electron chi connectivity index (χ1n) is 9.87. The van der Waals surface area contributed by atoms with E-state index in [1.807, 2.05) is 17.5 Å². The first-order valence-corrected chi connectivity index (χ1v) is 12.0. The Bertz CT molecular complexity index is 1200. The fraction of sp³-hybridized carbons (Fsp3) is 0.130. The number of anilines is 1. The van der Waals surface area contributed by atoms with E-state index in [9.17, 15) is 14.4 Å². The molecule has 1 saturated heterocycles. The van der Waals surface area contributed by atoms with E-state index >= 15 is 0 Å². The number of hydrogen-bond acceptors (Lipinski definition) is 6. The van der Waals surface area contributed by atoms with Crippen molar-refractivity contribution in [1.82, 2.24) is 4.90 Å². The number of hydrogen-bond donors (Lipinski definition) is 2. The van der Waals surface area contributed by atoms with Crippen LogP contribution in [0.1, 0.15) is 21.7 Å². The number of carboxylic acid groups (broad SMARTS) is 1. The van der Waals surface area contributed by atoms with Crippen molar-refractivity contribution in [2.24, 2.45) is 4.99 Å². The van der Waals surface area contributed by atoms with Crippen LogP contribution < -0.4 is 5.32 Å². The minimum atomic E-state index is -1.05. The van der Waals surface area contributed by atoms with Crippen LogP contribution in [0.3, 0.4) is 0 Å². The van der Waals surface area contributed by atoms with Crippen LogP contribution >= 0.6 is 34.7 Å². The van der Waals surface area contributed by atoms with Gasteiger partial charge in [-0.3, -0.25) is 14.5 Å². The molecular formula is C23H18ClN3O4S2. The summed E-state index contributed by atoms with van der Waals surface area (Å²) < 4.78 is 0. The summed E-state index contributed by atoms with van der Waals surface area (Å²) in [5, 5.41) is 14.1. The first kappa shape index (κ1) is 23.0. The fourth-order valence-electron chi connectivity index (χ4n) is 3.10. The van der Waals surface area contributed by atoms with Gasteiger partial charge in [0.15, 0.2) is 5.17 Å². The van der Waals surface area contributed by atoms with Crippen LogP contribution in [0.15, 0.2) is 71.0 Å². The number of carbonyl (C=O) groups excluding carboxylic acids is 2. The average Bonchev–Trinajstić information content (AvgIpc) is 3.31. The molecule has 1 fully saturated rings. The molecule has 1 aliphatic rings. The third kappa shape index (κ3) is 5.81. The van der Waals surface area contributed by atoms with Gasteiger partial charge in [0, 0.05) is 22.0 Å². The molecule has 1 aromatic heterocycles. The predicted octanol–water partition coefficient (Wildman–Crippen LogP) is 5.26. The molecule has 0 radical (unpaired) electrons. The molecule has 1 atom stereocenters. The number of nitrogens with one attached hydrogen (secondary N) is 1. The first-order chi connectivity index (χ1) is 15.9. The highest BCUT2D eigenvalue weighted by atomic mass is 35.5. The number of aliphatic imine (C=N–C) groups is 1. The van der Waals surface area contributed by atoms with Crippen molar-refractivity contribution in [3.63, 3.8) is 0 Å². The van der Waals surface area contributed by atoms with Gasteiger partial charge in [0.2, 0.25) is 11.8 Å². The van der Waals surface area contributed by atoms with Gasteiger partial charge in [0.05, 0.1) is 17.8 Å². The topological polar surface area (TPSA) is 99.1 Å². The summed E-state index contributed by atoms with van der Waals surface area (Å²) >= 11 is 8.73. The normalized spacial score (nSPS) is 17.2.